The van der Waals surface area contributed by atoms with Gasteiger partial charge in [0.25, 0.3) is 5.92 Å². The predicted molar refractivity (Wildman–Crippen MR) is 175 cm³/mol. The van der Waals surface area contributed by atoms with Crippen molar-refractivity contribution in [1.82, 2.24) is 24.0 Å². The third-order valence-corrected chi connectivity index (χ3v) is 10.8. The highest BCUT2D eigenvalue weighted by molar-refractivity contribution is 7.99. The van der Waals surface area contributed by atoms with Gasteiger partial charge in [-0.15, -0.1) is 11.8 Å². The molecule has 0 N–H and O–H groups in total. The first-order valence-corrected chi connectivity index (χ1v) is 16.8. The van der Waals surface area contributed by atoms with Crippen molar-refractivity contribution in [2.75, 3.05) is 41.7 Å². The Morgan fingerprint density at radius 1 is 1.08 bits per heavy atom. The summed E-state index contributed by atoms with van der Waals surface area (Å²) in [5.41, 5.74) is -0.792. The highest BCUT2D eigenvalue weighted by Crippen LogP contribution is 2.50. The fraction of sp³-hybridized carbons (Fsp3) is 0.455. The van der Waals surface area contributed by atoms with Crippen molar-refractivity contribution >= 4 is 51.1 Å². The highest BCUT2D eigenvalue weighted by Gasteiger charge is 2.43. The Morgan fingerprint density at radius 3 is 2.46 bits per heavy atom. The van der Waals surface area contributed by atoms with E-state index in [0.717, 1.165) is 11.5 Å². The van der Waals surface area contributed by atoms with E-state index in [4.69, 9.17) is 0 Å². The molecule has 4 aromatic rings. The van der Waals surface area contributed by atoms with Gasteiger partial charge in [0.15, 0.2) is 0 Å². The third-order valence-electron chi connectivity index (χ3n) is 9.62. The summed E-state index contributed by atoms with van der Waals surface area (Å²) in [5.74, 6) is -2.84. The number of hydrogen-bond acceptors (Lipinski definition) is 7. The smallest absolute Gasteiger partial charge is 0.370 e. The fourth-order valence-electron chi connectivity index (χ4n) is 7.45. The molecule has 7 rings (SSSR count). The number of amides is 1. The van der Waals surface area contributed by atoms with Crippen LogP contribution in [0.2, 0.25) is 0 Å². The lowest BCUT2D eigenvalue weighted by Gasteiger charge is -2.44. The van der Waals surface area contributed by atoms with Crippen LogP contribution < -0.4 is 15.5 Å². The number of rotatable bonds is 4. The molecule has 0 aliphatic carbocycles. The van der Waals surface area contributed by atoms with Gasteiger partial charge in [0.1, 0.15) is 11.5 Å². The number of piperazine rings is 1. The first-order valence-electron chi connectivity index (χ1n) is 15.8. The number of benzene rings is 1. The quantitative estimate of drug-likeness (QED) is 0.194. The number of fused-ring (bicyclic) bond motifs is 1. The second kappa shape index (κ2) is 11.8. The van der Waals surface area contributed by atoms with Gasteiger partial charge in [0, 0.05) is 86.6 Å². The van der Waals surface area contributed by atoms with Crippen LogP contribution in [0.1, 0.15) is 38.3 Å². The van der Waals surface area contributed by atoms with Crippen LogP contribution in [-0.2, 0) is 17.5 Å². The van der Waals surface area contributed by atoms with Gasteiger partial charge in [-0.25, -0.2) is 18.6 Å². The topological polar surface area (TPSA) is 79.5 Å². The largest absolute Gasteiger partial charge is 0.418 e. The molecule has 2 fully saturated rings. The molecule has 3 aliphatic heterocycles. The number of aromatic nitrogens is 4. The Bertz CT molecular complexity index is 1970. The maximum Gasteiger partial charge on any atom is 0.418 e. The summed E-state index contributed by atoms with van der Waals surface area (Å²) in [7, 11) is 0. The molecule has 6 heterocycles. The molecule has 3 aromatic heterocycles. The number of pyridine rings is 1. The van der Waals surface area contributed by atoms with Gasteiger partial charge in [-0.3, -0.25) is 9.36 Å². The van der Waals surface area contributed by atoms with Crippen molar-refractivity contribution in [3.8, 4) is 0 Å². The molecular formula is C33H34F5N7O2S. The minimum atomic E-state index is -4.83. The standard InChI is InChI=1S/C33H34F5N7O2S/c1-4-25(46)45-19(2)15-42(16-20(45)3)30-23-14-24(33(36,37)38)27(41-12-8-32(34,35)9-13-41)28-26(23)44(31(47)40-30)17-22(18-48-28)43-11-7-21-6-5-10-39-29(21)43/h4-7,10-11,14,19-20,22H,1,8-9,12-13,15-18H2,2-3H3/t19-,20+,22-/m1/s1. The van der Waals surface area contributed by atoms with E-state index in [9.17, 15) is 18.4 Å². The molecular weight excluding hydrogens is 653 g/mol. The van der Waals surface area contributed by atoms with Gasteiger partial charge in [-0.2, -0.15) is 18.2 Å². The molecule has 9 nitrogen and oxygen atoms in total. The first kappa shape index (κ1) is 32.4. The molecule has 3 atom stereocenters. The number of alkyl halides is 5. The van der Waals surface area contributed by atoms with Crippen LogP contribution in [0, 0.1) is 0 Å². The van der Waals surface area contributed by atoms with Crippen molar-refractivity contribution in [2.45, 2.75) is 68.4 Å². The molecule has 1 aromatic carbocycles. The van der Waals surface area contributed by atoms with E-state index < -0.39 is 36.2 Å². The minimum Gasteiger partial charge on any atom is -0.370 e. The molecule has 0 unspecified atom stereocenters. The van der Waals surface area contributed by atoms with Gasteiger partial charge in [0.05, 0.1) is 27.7 Å². The Labute approximate surface area is 277 Å². The van der Waals surface area contributed by atoms with Gasteiger partial charge in [0.2, 0.25) is 5.91 Å². The molecule has 0 saturated carbocycles. The average molecular weight is 688 g/mol. The molecule has 0 radical (unpaired) electrons. The number of piperidine rings is 1. The molecule has 1 amide bonds. The molecule has 254 valence electrons. The Hall–Kier alpha value is -4.14. The summed E-state index contributed by atoms with van der Waals surface area (Å²) < 4.78 is 77.2. The zero-order valence-corrected chi connectivity index (χ0v) is 27.2. The van der Waals surface area contributed by atoms with Crippen LogP contribution in [-0.4, -0.2) is 79.8 Å². The zero-order chi connectivity index (χ0) is 34.1. The normalized spacial score (nSPS) is 23.1. The maximum absolute atomic E-state index is 15.1. The number of thioether (sulfide) groups is 1. The number of hydrogen-bond donors (Lipinski definition) is 0. The molecule has 3 aliphatic rings. The van der Waals surface area contributed by atoms with Gasteiger partial charge in [-0.1, -0.05) is 6.58 Å². The number of anilines is 2. The van der Waals surface area contributed by atoms with Crippen LogP contribution >= 0.6 is 11.8 Å². The van der Waals surface area contributed by atoms with Crippen LogP contribution in [0.15, 0.2) is 59.0 Å². The summed E-state index contributed by atoms with van der Waals surface area (Å²) in [4.78, 5) is 40.6. The second-order valence-corrected chi connectivity index (χ2v) is 13.9. The number of nitrogens with zero attached hydrogens (tertiary/aromatic N) is 7. The second-order valence-electron chi connectivity index (χ2n) is 12.8. The summed E-state index contributed by atoms with van der Waals surface area (Å²) >= 11 is 1.19. The SMILES string of the molecule is C=CC(=O)N1[C@H](C)CN(c2nc(=O)n3c4c(c(N5CCC(F)(F)CC5)c(C(F)(F)F)cc24)SC[C@H](n2ccc4cccnc42)C3)C[C@@H]1C. The van der Waals surface area contributed by atoms with E-state index in [2.05, 4.69) is 16.5 Å². The van der Waals surface area contributed by atoms with E-state index in [0.29, 0.717) is 16.9 Å². The maximum atomic E-state index is 15.1. The number of carbonyl (C=O) groups is 1. The van der Waals surface area contributed by atoms with Crippen LogP contribution in [0.4, 0.5) is 33.5 Å². The minimum absolute atomic E-state index is 0.103. The average Bonchev–Trinajstić information content (AvgIpc) is 3.36. The lowest BCUT2D eigenvalue weighted by atomic mass is 10.0. The van der Waals surface area contributed by atoms with E-state index in [-0.39, 0.29) is 78.5 Å². The molecule has 2 saturated heterocycles. The third kappa shape index (κ3) is 5.49. The van der Waals surface area contributed by atoms with Crippen molar-refractivity contribution in [2.24, 2.45) is 0 Å². The fourth-order valence-corrected chi connectivity index (χ4v) is 8.80. The Kier molecular flexibility index (Phi) is 7.95. The lowest BCUT2D eigenvalue weighted by Crippen LogP contribution is -2.58. The number of halogens is 5. The van der Waals surface area contributed by atoms with Crippen LogP contribution in [0.25, 0.3) is 21.9 Å². The Morgan fingerprint density at radius 2 is 1.79 bits per heavy atom. The predicted octanol–water partition coefficient (Wildman–Crippen LogP) is 5.96. The van der Waals surface area contributed by atoms with Gasteiger partial charge >= 0.3 is 11.9 Å². The summed E-state index contributed by atoms with van der Waals surface area (Å²) in [6.07, 6.45) is -1.25. The van der Waals surface area contributed by atoms with Crippen molar-refractivity contribution in [1.29, 1.82) is 0 Å². The first-order chi connectivity index (χ1) is 22.8. The zero-order valence-electron chi connectivity index (χ0n) is 26.4. The Balaban J connectivity index is 1.44. The van der Waals surface area contributed by atoms with Gasteiger partial charge < -0.3 is 19.3 Å². The van der Waals surface area contributed by atoms with Crippen molar-refractivity contribution in [3.05, 3.63) is 65.4 Å². The van der Waals surface area contributed by atoms with Gasteiger partial charge in [-0.05, 0) is 44.2 Å². The van der Waals surface area contributed by atoms with Crippen molar-refractivity contribution < 1.29 is 26.7 Å². The van der Waals surface area contributed by atoms with E-state index in [1.807, 2.05) is 42.8 Å². The number of carbonyl (C=O) groups excluding carboxylic acids is 1. The van der Waals surface area contributed by atoms with Crippen molar-refractivity contribution in [3.63, 3.8) is 0 Å². The molecule has 0 bridgehead atoms. The summed E-state index contributed by atoms with van der Waals surface area (Å²) in [5, 5.41) is 1.02. The molecule has 15 heteroatoms. The molecule has 48 heavy (non-hydrogen) atoms. The summed E-state index contributed by atoms with van der Waals surface area (Å²) in [6, 6.07) is 5.56. The van der Waals surface area contributed by atoms with E-state index >= 15 is 13.2 Å². The monoisotopic (exact) mass is 687 g/mol. The van der Waals surface area contributed by atoms with E-state index in [1.54, 1.807) is 16.0 Å². The van der Waals surface area contributed by atoms with Crippen LogP contribution in [0.5, 0.6) is 0 Å². The van der Waals surface area contributed by atoms with Crippen LogP contribution in [0.3, 0.4) is 0 Å². The molecule has 0 spiro atoms. The highest BCUT2D eigenvalue weighted by atomic mass is 32.2. The lowest BCUT2D eigenvalue weighted by molar-refractivity contribution is -0.137. The summed E-state index contributed by atoms with van der Waals surface area (Å²) in [6.45, 7) is 7.28. The van der Waals surface area contributed by atoms with E-state index in [1.165, 1.54) is 27.3 Å².